The molecule has 186 valence electrons. The van der Waals surface area contributed by atoms with Crippen molar-refractivity contribution in [3.05, 3.63) is 65.4 Å². The number of nitrogens with zero attached hydrogens (tertiary/aromatic N) is 3. The number of nitrogens with one attached hydrogen (secondary N) is 3. The summed E-state index contributed by atoms with van der Waals surface area (Å²) in [4.78, 5) is 32.0. The number of furan rings is 1. The standard InChI is InChI=1S/C27H30N6O3/c1-18-7-3-4-8-20(18)15-29-25(34)16-33-12-6-5-9-23(26(33)35)32-27(30-17-28)31-22-10-11-24-21(14-22)13-19(2)36-24/h3-4,7-8,10-11,13-14,23H,5-6,9,12,15-16H2,1-2H3,(H,29,34)(H2,30,31,32). The molecule has 3 N–H and O–H groups in total. The number of likely N-dealkylation sites (tertiary alicyclic amines) is 1. The monoisotopic (exact) mass is 486 g/mol. The van der Waals surface area contributed by atoms with Crippen LogP contribution >= 0.6 is 0 Å². The Kier molecular flexibility index (Phi) is 7.85. The first kappa shape index (κ1) is 24.8. The second kappa shape index (κ2) is 11.4. The van der Waals surface area contributed by atoms with Crippen molar-refractivity contribution >= 4 is 34.4 Å². The van der Waals surface area contributed by atoms with Crippen molar-refractivity contribution in [1.29, 1.82) is 5.26 Å². The van der Waals surface area contributed by atoms with E-state index in [0.29, 0.717) is 25.2 Å². The third-order valence-electron chi connectivity index (χ3n) is 6.19. The lowest BCUT2D eigenvalue weighted by molar-refractivity contribution is -0.136. The molecule has 4 rings (SSSR count). The van der Waals surface area contributed by atoms with Gasteiger partial charge in [-0.3, -0.25) is 14.9 Å². The second-order valence-corrected chi connectivity index (χ2v) is 8.92. The van der Waals surface area contributed by atoms with Gasteiger partial charge in [0.25, 0.3) is 0 Å². The Morgan fingerprint density at radius 1 is 1.19 bits per heavy atom. The number of hydrogen-bond donors (Lipinski definition) is 3. The first-order valence-electron chi connectivity index (χ1n) is 12.0. The van der Waals surface area contributed by atoms with Gasteiger partial charge in [-0.1, -0.05) is 24.3 Å². The number of anilines is 1. The molecule has 1 aliphatic rings. The van der Waals surface area contributed by atoms with Gasteiger partial charge in [-0.15, -0.1) is 0 Å². The third-order valence-corrected chi connectivity index (χ3v) is 6.19. The maximum Gasteiger partial charge on any atom is 0.247 e. The molecule has 0 aliphatic carbocycles. The van der Waals surface area contributed by atoms with E-state index >= 15 is 0 Å². The molecule has 3 aromatic rings. The average molecular weight is 487 g/mol. The van der Waals surface area contributed by atoms with Crippen LogP contribution in [-0.4, -0.2) is 41.8 Å². The summed E-state index contributed by atoms with van der Waals surface area (Å²) in [6, 6.07) is 14.6. The number of guanidine groups is 1. The molecule has 1 aromatic heterocycles. The predicted molar refractivity (Wildman–Crippen MR) is 138 cm³/mol. The van der Waals surface area contributed by atoms with E-state index in [1.54, 1.807) is 4.90 Å². The zero-order chi connectivity index (χ0) is 25.5. The van der Waals surface area contributed by atoms with Crippen molar-refractivity contribution in [1.82, 2.24) is 15.5 Å². The van der Waals surface area contributed by atoms with Gasteiger partial charge in [0.05, 0.1) is 6.54 Å². The van der Waals surface area contributed by atoms with Gasteiger partial charge < -0.3 is 20.0 Å². The van der Waals surface area contributed by atoms with E-state index in [-0.39, 0.29) is 24.3 Å². The summed E-state index contributed by atoms with van der Waals surface area (Å²) in [6.07, 6.45) is 4.00. The predicted octanol–water partition coefficient (Wildman–Crippen LogP) is 3.59. The largest absolute Gasteiger partial charge is 0.461 e. The Morgan fingerprint density at radius 3 is 2.83 bits per heavy atom. The summed E-state index contributed by atoms with van der Waals surface area (Å²) in [5, 5.41) is 18.7. The molecule has 1 atom stereocenters. The summed E-state index contributed by atoms with van der Waals surface area (Å²) >= 11 is 0. The highest BCUT2D eigenvalue weighted by atomic mass is 16.3. The van der Waals surface area contributed by atoms with Crippen molar-refractivity contribution in [3.63, 3.8) is 0 Å². The van der Waals surface area contributed by atoms with Crippen LogP contribution in [0.1, 0.15) is 36.1 Å². The molecule has 9 nitrogen and oxygen atoms in total. The van der Waals surface area contributed by atoms with E-state index in [1.165, 1.54) is 0 Å². The molecular formula is C27H30N6O3. The molecule has 1 aliphatic heterocycles. The molecule has 1 saturated heterocycles. The number of carbonyl (C=O) groups excluding carboxylic acids is 2. The van der Waals surface area contributed by atoms with Gasteiger partial charge in [-0.2, -0.15) is 5.26 Å². The van der Waals surface area contributed by atoms with Gasteiger partial charge in [0.15, 0.2) is 6.19 Å². The van der Waals surface area contributed by atoms with Crippen LogP contribution < -0.4 is 16.0 Å². The van der Waals surface area contributed by atoms with Crippen LogP contribution in [0.3, 0.4) is 0 Å². The zero-order valence-electron chi connectivity index (χ0n) is 20.5. The first-order chi connectivity index (χ1) is 17.4. The maximum absolute atomic E-state index is 13.3. The SMILES string of the molecule is Cc1cc2cc(NC(=NC3CCCCN(CC(=O)NCc4ccccc4C)C3=O)NC#N)ccc2o1. The number of aliphatic imine (C=N–C) groups is 1. The third kappa shape index (κ3) is 6.21. The number of benzene rings is 2. The highest BCUT2D eigenvalue weighted by Gasteiger charge is 2.28. The number of carbonyl (C=O) groups is 2. The highest BCUT2D eigenvalue weighted by Crippen LogP contribution is 2.23. The van der Waals surface area contributed by atoms with Crippen LogP contribution in [0, 0.1) is 25.3 Å². The van der Waals surface area contributed by atoms with Crippen molar-refractivity contribution in [2.45, 2.75) is 45.7 Å². The number of nitriles is 1. The van der Waals surface area contributed by atoms with E-state index in [9.17, 15) is 14.9 Å². The normalized spacial score (nSPS) is 16.4. The second-order valence-electron chi connectivity index (χ2n) is 8.92. The van der Waals surface area contributed by atoms with Crippen LogP contribution in [0.2, 0.25) is 0 Å². The molecule has 0 saturated carbocycles. The molecular weight excluding hydrogens is 456 g/mol. The van der Waals surface area contributed by atoms with E-state index in [0.717, 1.165) is 40.7 Å². The fraction of sp³-hybridized carbons (Fsp3) is 0.333. The molecule has 9 heteroatoms. The van der Waals surface area contributed by atoms with Gasteiger partial charge in [-0.25, -0.2) is 4.99 Å². The minimum Gasteiger partial charge on any atom is -0.461 e. The molecule has 2 aromatic carbocycles. The highest BCUT2D eigenvalue weighted by molar-refractivity contribution is 5.98. The van der Waals surface area contributed by atoms with Gasteiger partial charge in [0, 0.05) is 24.2 Å². The lowest BCUT2D eigenvalue weighted by Gasteiger charge is -2.23. The van der Waals surface area contributed by atoms with Crippen LogP contribution in [0.25, 0.3) is 11.0 Å². The van der Waals surface area contributed by atoms with Crippen LogP contribution in [0.15, 0.2) is 57.9 Å². The molecule has 2 amide bonds. The summed E-state index contributed by atoms with van der Waals surface area (Å²) in [5.74, 6) is 0.548. The number of amides is 2. The van der Waals surface area contributed by atoms with Crippen LogP contribution in [0.4, 0.5) is 5.69 Å². The van der Waals surface area contributed by atoms with Gasteiger partial charge in [-0.05, 0) is 68.5 Å². The quantitative estimate of drug-likeness (QED) is 0.212. The lowest BCUT2D eigenvalue weighted by atomic mass is 10.1. The van der Waals surface area contributed by atoms with Crippen molar-refractivity contribution < 1.29 is 14.0 Å². The number of aryl methyl sites for hydroxylation is 2. The lowest BCUT2D eigenvalue weighted by Crippen LogP contribution is -2.44. The van der Waals surface area contributed by atoms with E-state index in [1.807, 2.05) is 68.6 Å². The molecule has 1 unspecified atom stereocenters. The number of fused-ring (bicyclic) bond motifs is 1. The van der Waals surface area contributed by atoms with Crippen LogP contribution in [-0.2, 0) is 16.1 Å². The Morgan fingerprint density at radius 2 is 2.03 bits per heavy atom. The van der Waals surface area contributed by atoms with Gasteiger partial charge in [0.1, 0.15) is 17.4 Å². The Balaban J connectivity index is 1.43. The smallest absolute Gasteiger partial charge is 0.247 e. The summed E-state index contributed by atoms with van der Waals surface area (Å²) in [7, 11) is 0. The summed E-state index contributed by atoms with van der Waals surface area (Å²) < 4.78 is 5.61. The fourth-order valence-corrected chi connectivity index (χ4v) is 4.29. The van der Waals surface area contributed by atoms with Crippen molar-refractivity contribution in [2.75, 3.05) is 18.4 Å². The van der Waals surface area contributed by atoms with Crippen molar-refractivity contribution in [2.24, 2.45) is 4.99 Å². The first-order valence-corrected chi connectivity index (χ1v) is 12.0. The van der Waals surface area contributed by atoms with Gasteiger partial charge in [0.2, 0.25) is 17.8 Å². The summed E-state index contributed by atoms with van der Waals surface area (Å²) in [5.41, 5.74) is 3.61. The van der Waals surface area contributed by atoms with E-state index < -0.39 is 6.04 Å². The zero-order valence-corrected chi connectivity index (χ0v) is 20.5. The summed E-state index contributed by atoms with van der Waals surface area (Å²) in [6.45, 7) is 4.76. The van der Waals surface area contributed by atoms with Crippen LogP contribution in [0.5, 0.6) is 0 Å². The topological polar surface area (TPSA) is 123 Å². The molecule has 36 heavy (non-hydrogen) atoms. The minimum atomic E-state index is -0.695. The Labute approximate surface area is 210 Å². The van der Waals surface area contributed by atoms with E-state index in [4.69, 9.17) is 4.42 Å². The van der Waals surface area contributed by atoms with Gasteiger partial charge >= 0.3 is 0 Å². The molecule has 1 fully saturated rings. The van der Waals surface area contributed by atoms with E-state index in [2.05, 4.69) is 20.9 Å². The Bertz CT molecular complexity index is 1320. The maximum atomic E-state index is 13.3. The molecule has 0 bridgehead atoms. The Hall–Kier alpha value is -4.32. The average Bonchev–Trinajstić information content (AvgIpc) is 3.14. The fourth-order valence-electron chi connectivity index (χ4n) is 4.29. The molecule has 0 spiro atoms. The molecule has 2 heterocycles. The number of hydrogen-bond acceptors (Lipinski definition) is 5. The number of rotatable bonds is 6. The minimum absolute atomic E-state index is 0.0261. The van der Waals surface area contributed by atoms with Crippen molar-refractivity contribution in [3.8, 4) is 6.19 Å². The molecule has 0 radical (unpaired) electrons.